The van der Waals surface area contributed by atoms with Gasteiger partial charge < -0.3 is 14.2 Å². The Kier molecular flexibility index (Phi) is 51.3. The van der Waals surface area contributed by atoms with Crippen molar-refractivity contribution in [2.45, 2.75) is 284 Å². The van der Waals surface area contributed by atoms with Crippen LogP contribution in [0.3, 0.4) is 0 Å². The first-order valence-corrected chi connectivity index (χ1v) is 27.8. The second-order valence-electron chi connectivity index (χ2n) is 18.5. The summed E-state index contributed by atoms with van der Waals surface area (Å²) in [6.45, 7) is 6.51. The quantitative estimate of drug-likeness (QED) is 0.0262. The highest BCUT2D eigenvalue weighted by molar-refractivity contribution is 5.71. The molecule has 0 fully saturated rings. The van der Waals surface area contributed by atoms with E-state index in [9.17, 15) is 14.4 Å². The van der Waals surface area contributed by atoms with E-state index in [1.54, 1.807) is 0 Å². The lowest BCUT2D eigenvalue weighted by atomic mass is 10.1. The van der Waals surface area contributed by atoms with Gasteiger partial charge in [-0.05, 0) is 103 Å². The molecule has 0 aliphatic rings. The van der Waals surface area contributed by atoms with Crippen molar-refractivity contribution in [3.63, 3.8) is 0 Å². The van der Waals surface area contributed by atoms with Crippen molar-refractivity contribution in [1.82, 2.24) is 0 Å². The fourth-order valence-electron chi connectivity index (χ4n) is 7.80. The Morgan fingerprint density at radius 2 is 0.600 bits per heavy atom. The molecule has 376 valence electrons. The van der Waals surface area contributed by atoms with Gasteiger partial charge >= 0.3 is 17.9 Å². The summed E-state index contributed by atoms with van der Waals surface area (Å²) in [5, 5.41) is 0. The fraction of sp³-hybridized carbons (Fsp3) is 0.780. The molecule has 0 spiro atoms. The Balaban J connectivity index is 4.40. The topological polar surface area (TPSA) is 78.9 Å². The van der Waals surface area contributed by atoms with Gasteiger partial charge in [0.25, 0.3) is 0 Å². The van der Waals surface area contributed by atoms with Crippen LogP contribution in [0.5, 0.6) is 0 Å². The number of hydrogen-bond donors (Lipinski definition) is 0. The van der Waals surface area contributed by atoms with Gasteiger partial charge in [0.2, 0.25) is 0 Å². The first kappa shape index (κ1) is 62.1. The number of esters is 3. The number of ether oxygens (including phenoxy) is 3. The van der Waals surface area contributed by atoms with Gasteiger partial charge in [-0.25, -0.2) is 0 Å². The third-order valence-corrected chi connectivity index (χ3v) is 12.0. The number of carbonyl (C=O) groups excluding carboxylic acids is 3. The van der Waals surface area contributed by atoms with Crippen molar-refractivity contribution in [1.29, 1.82) is 0 Å². The van der Waals surface area contributed by atoms with Crippen LogP contribution in [-0.4, -0.2) is 37.2 Å². The standard InChI is InChI=1S/C59H104O6/c1-4-7-10-13-16-19-22-25-28-29-32-34-37-40-43-46-49-52-58(61)64-55-56(65-59(62)53-50-47-44-41-38-35-31-27-24-21-18-15-12-9-6-3)54-63-57(60)51-48-45-42-39-36-33-30-26-23-20-17-14-11-8-5-2/h8,11,17,20-21,24-26,28,30,56H,4-7,9-10,12-16,18-19,22-23,27,29,31-55H2,1-3H3/b11-8-,20-17-,24-21-,28-25-,30-26-/t56-/m1/s1. The first-order valence-electron chi connectivity index (χ1n) is 27.8. The molecule has 1 atom stereocenters. The van der Waals surface area contributed by atoms with Crippen LogP contribution in [-0.2, 0) is 28.6 Å². The molecule has 0 radical (unpaired) electrons. The predicted molar refractivity (Wildman–Crippen MR) is 279 cm³/mol. The van der Waals surface area contributed by atoms with Crippen LogP contribution in [0.25, 0.3) is 0 Å². The lowest BCUT2D eigenvalue weighted by Crippen LogP contribution is -2.30. The molecule has 6 nitrogen and oxygen atoms in total. The highest BCUT2D eigenvalue weighted by atomic mass is 16.6. The van der Waals surface area contributed by atoms with Gasteiger partial charge in [0.15, 0.2) is 6.10 Å². The van der Waals surface area contributed by atoms with E-state index in [1.165, 1.54) is 141 Å². The number of allylic oxidation sites excluding steroid dienone is 10. The van der Waals surface area contributed by atoms with E-state index in [0.717, 1.165) is 96.3 Å². The van der Waals surface area contributed by atoms with E-state index >= 15 is 0 Å². The highest BCUT2D eigenvalue weighted by Gasteiger charge is 2.19. The molecule has 0 unspecified atom stereocenters. The Labute approximate surface area is 402 Å². The predicted octanol–water partition coefficient (Wildman–Crippen LogP) is 18.4. The van der Waals surface area contributed by atoms with E-state index < -0.39 is 6.10 Å². The number of hydrogen-bond acceptors (Lipinski definition) is 6. The van der Waals surface area contributed by atoms with Crippen LogP contribution in [0.1, 0.15) is 278 Å². The van der Waals surface area contributed by atoms with Gasteiger partial charge in [-0.1, -0.05) is 216 Å². The zero-order valence-electron chi connectivity index (χ0n) is 43.0. The van der Waals surface area contributed by atoms with Crippen LogP contribution < -0.4 is 0 Å². The van der Waals surface area contributed by atoms with Crippen molar-refractivity contribution in [2.24, 2.45) is 0 Å². The Hall–Kier alpha value is -2.89. The molecule has 0 aromatic heterocycles. The van der Waals surface area contributed by atoms with Gasteiger partial charge in [-0.2, -0.15) is 0 Å². The van der Waals surface area contributed by atoms with Crippen molar-refractivity contribution >= 4 is 17.9 Å². The first-order chi connectivity index (χ1) is 32.0. The minimum absolute atomic E-state index is 0.0830. The molecule has 0 heterocycles. The second-order valence-corrected chi connectivity index (χ2v) is 18.5. The van der Waals surface area contributed by atoms with E-state index in [1.807, 2.05) is 0 Å². The Bertz CT molecular complexity index is 1180. The molecule has 0 bridgehead atoms. The molecular formula is C59H104O6. The Morgan fingerprint density at radius 1 is 0.323 bits per heavy atom. The summed E-state index contributed by atoms with van der Waals surface area (Å²) in [5.41, 5.74) is 0. The summed E-state index contributed by atoms with van der Waals surface area (Å²) < 4.78 is 16.8. The summed E-state index contributed by atoms with van der Waals surface area (Å²) >= 11 is 0. The maximum Gasteiger partial charge on any atom is 0.306 e. The van der Waals surface area contributed by atoms with E-state index in [0.29, 0.717) is 19.3 Å². The molecule has 0 rings (SSSR count). The summed E-state index contributed by atoms with van der Waals surface area (Å²) in [6.07, 6.45) is 66.3. The molecule has 6 heteroatoms. The summed E-state index contributed by atoms with van der Waals surface area (Å²) in [7, 11) is 0. The van der Waals surface area contributed by atoms with Crippen LogP contribution in [0.2, 0.25) is 0 Å². The normalized spacial score (nSPS) is 12.5. The van der Waals surface area contributed by atoms with Gasteiger partial charge in [0.05, 0.1) is 0 Å². The van der Waals surface area contributed by atoms with Crippen molar-refractivity contribution in [3.05, 3.63) is 60.8 Å². The average molecular weight is 909 g/mol. The molecule has 0 saturated carbocycles. The lowest BCUT2D eigenvalue weighted by molar-refractivity contribution is -0.167. The van der Waals surface area contributed by atoms with Crippen LogP contribution in [0, 0.1) is 0 Å². The van der Waals surface area contributed by atoms with Gasteiger partial charge in [-0.3, -0.25) is 14.4 Å². The number of unbranched alkanes of at least 4 members (excludes halogenated alkanes) is 29. The molecule has 0 N–H and O–H groups in total. The molecule has 0 saturated heterocycles. The largest absolute Gasteiger partial charge is 0.462 e. The van der Waals surface area contributed by atoms with Gasteiger partial charge in [0.1, 0.15) is 13.2 Å². The second kappa shape index (κ2) is 53.7. The summed E-state index contributed by atoms with van der Waals surface area (Å²) in [4.78, 5) is 38.1. The molecule has 0 aromatic rings. The molecule has 0 aromatic carbocycles. The maximum atomic E-state index is 12.8. The van der Waals surface area contributed by atoms with Gasteiger partial charge in [0, 0.05) is 19.3 Å². The Morgan fingerprint density at radius 3 is 0.969 bits per heavy atom. The fourth-order valence-corrected chi connectivity index (χ4v) is 7.80. The van der Waals surface area contributed by atoms with Crippen LogP contribution in [0.15, 0.2) is 60.8 Å². The molecule has 0 aliphatic heterocycles. The zero-order valence-corrected chi connectivity index (χ0v) is 43.0. The monoisotopic (exact) mass is 909 g/mol. The van der Waals surface area contributed by atoms with Crippen molar-refractivity contribution in [3.8, 4) is 0 Å². The summed E-state index contributed by atoms with van der Waals surface area (Å²) in [6, 6.07) is 0. The SMILES string of the molecule is CC/C=C\C/C=C\C/C=C\CCCCCCCC(=O)OC[C@H](COC(=O)CCCCCCCCC/C=C\CCCCCCCC)OC(=O)CCCCCCCCC/C=C\CCCCCC. The van der Waals surface area contributed by atoms with Crippen LogP contribution in [0.4, 0.5) is 0 Å². The molecular weight excluding hydrogens is 805 g/mol. The third-order valence-electron chi connectivity index (χ3n) is 12.0. The highest BCUT2D eigenvalue weighted by Crippen LogP contribution is 2.15. The third kappa shape index (κ3) is 51.9. The van der Waals surface area contributed by atoms with Crippen LogP contribution >= 0.6 is 0 Å². The number of rotatable bonds is 50. The smallest absolute Gasteiger partial charge is 0.306 e. The zero-order chi connectivity index (χ0) is 47.2. The van der Waals surface area contributed by atoms with E-state index in [-0.39, 0.29) is 31.1 Å². The minimum Gasteiger partial charge on any atom is -0.462 e. The van der Waals surface area contributed by atoms with E-state index in [2.05, 4.69) is 81.5 Å². The van der Waals surface area contributed by atoms with Gasteiger partial charge in [-0.15, -0.1) is 0 Å². The average Bonchev–Trinajstić information content (AvgIpc) is 3.30. The summed E-state index contributed by atoms with van der Waals surface area (Å²) in [5.74, 6) is -0.901. The minimum atomic E-state index is -0.785. The molecule has 0 amide bonds. The lowest BCUT2D eigenvalue weighted by Gasteiger charge is -2.18. The number of carbonyl (C=O) groups is 3. The molecule has 0 aliphatic carbocycles. The van der Waals surface area contributed by atoms with Crippen molar-refractivity contribution in [2.75, 3.05) is 13.2 Å². The molecule has 65 heavy (non-hydrogen) atoms. The van der Waals surface area contributed by atoms with Crippen molar-refractivity contribution < 1.29 is 28.6 Å². The van der Waals surface area contributed by atoms with E-state index in [4.69, 9.17) is 14.2 Å². The maximum absolute atomic E-state index is 12.8.